The number of aromatic nitrogens is 4. The molecule has 2 N–H and O–H groups in total. The zero-order valence-electron chi connectivity index (χ0n) is 11.7. The fourth-order valence-electron chi connectivity index (χ4n) is 1.94. The summed E-state index contributed by atoms with van der Waals surface area (Å²) in [6.45, 7) is 0. The van der Waals surface area contributed by atoms with Crippen molar-refractivity contribution in [3.8, 4) is 0 Å². The van der Waals surface area contributed by atoms with E-state index in [9.17, 15) is 14.3 Å². The van der Waals surface area contributed by atoms with Crippen LogP contribution in [0.1, 0.15) is 25.9 Å². The SMILES string of the molecule is O=C(C=C(O)c1nn[nH]n1)c1ccc(Cc2ccc(F)cc2)s1. The minimum absolute atomic E-state index is 0.0403. The van der Waals surface area contributed by atoms with Crippen LogP contribution in [0.15, 0.2) is 42.5 Å². The number of H-pyrrole nitrogens is 1. The molecule has 0 aliphatic heterocycles. The molecule has 116 valence electrons. The molecule has 0 unspecified atom stereocenters. The van der Waals surface area contributed by atoms with E-state index in [2.05, 4.69) is 20.6 Å². The quantitative estimate of drug-likeness (QED) is 0.426. The Balaban J connectivity index is 1.72. The van der Waals surface area contributed by atoms with Gasteiger partial charge in [-0.15, -0.1) is 21.5 Å². The van der Waals surface area contributed by atoms with Gasteiger partial charge in [0.25, 0.3) is 0 Å². The third kappa shape index (κ3) is 3.67. The summed E-state index contributed by atoms with van der Waals surface area (Å²) in [6, 6.07) is 9.74. The molecular formula is C15H11FN4O2S. The van der Waals surface area contributed by atoms with Crippen LogP contribution < -0.4 is 0 Å². The number of aromatic amines is 1. The number of carbonyl (C=O) groups excluding carboxylic acids is 1. The summed E-state index contributed by atoms with van der Waals surface area (Å²) in [5.74, 6) is -1.01. The van der Waals surface area contributed by atoms with E-state index >= 15 is 0 Å². The number of halogens is 1. The van der Waals surface area contributed by atoms with Crippen LogP contribution in [-0.4, -0.2) is 31.5 Å². The van der Waals surface area contributed by atoms with Gasteiger partial charge in [-0.25, -0.2) is 4.39 Å². The summed E-state index contributed by atoms with van der Waals surface area (Å²) in [5, 5.41) is 22.4. The molecule has 3 aromatic rings. The Morgan fingerprint density at radius 3 is 2.74 bits per heavy atom. The van der Waals surface area contributed by atoms with E-state index in [1.807, 2.05) is 6.07 Å². The number of benzene rings is 1. The normalized spacial score (nSPS) is 11.6. The molecule has 0 aliphatic rings. The number of thiophene rings is 1. The average Bonchev–Trinajstić information content (AvgIpc) is 3.21. The standard InChI is InChI=1S/C15H11FN4O2S/c16-10-3-1-9(2-4-10)7-11-5-6-14(23-11)12(21)8-13(22)15-17-19-20-18-15/h1-6,8,22H,7H2,(H,17,18,19,20). The highest BCUT2D eigenvalue weighted by Gasteiger charge is 2.12. The number of rotatable bonds is 5. The first-order chi connectivity index (χ1) is 11.1. The molecule has 0 saturated heterocycles. The minimum atomic E-state index is -0.350. The van der Waals surface area contributed by atoms with E-state index < -0.39 is 0 Å². The van der Waals surface area contributed by atoms with E-state index in [0.29, 0.717) is 11.3 Å². The first-order valence-electron chi connectivity index (χ1n) is 6.64. The van der Waals surface area contributed by atoms with Crippen LogP contribution >= 0.6 is 11.3 Å². The highest BCUT2D eigenvalue weighted by atomic mass is 32.1. The Morgan fingerprint density at radius 2 is 2.04 bits per heavy atom. The van der Waals surface area contributed by atoms with Crippen molar-refractivity contribution in [3.63, 3.8) is 0 Å². The molecule has 0 atom stereocenters. The average molecular weight is 330 g/mol. The van der Waals surface area contributed by atoms with Gasteiger partial charge in [0.15, 0.2) is 11.5 Å². The van der Waals surface area contributed by atoms with E-state index in [-0.39, 0.29) is 23.2 Å². The van der Waals surface area contributed by atoms with Crippen molar-refractivity contribution in [2.45, 2.75) is 6.42 Å². The highest BCUT2D eigenvalue weighted by molar-refractivity contribution is 7.14. The topological polar surface area (TPSA) is 91.8 Å². The Morgan fingerprint density at radius 1 is 1.26 bits per heavy atom. The summed E-state index contributed by atoms with van der Waals surface area (Å²) in [4.78, 5) is 13.5. The number of aliphatic hydroxyl groups excluding tert-OH is 1. The maximum Gasteiger partial charge on any atom is 0.239 e. The smallest absolute Gasteiger partial charge is 0.239 e. The van der Waals surface area contributed by atoms with Gasteiger partial charge in [-0.1, -0.05) is 12.1 Å². The highest BCUT2D eigenvalue weighted by Crippen LogP contribution is 2.21. The molecule has 3 rings (SSSR count). The molecule has 1 aromatic carbocycles. The van der Waals surface area contributed by atoms with Crippen molar-refractivity contribution < 1.29 is 14.3 Å². The summed E-state index contributed by atoms with van der Waals surface area (Å²) >= 11 is 1.32. The summed E-state index contributed by atoms with van der Waals surface area (Å²) in [7, 11) is 0. The van der Waals surface area contributed by atoms with Gasteiger partial charge < -0.3 is 5.11 Å². The first kappa shape index (κ1) is 15.0. The second-order valence-corrected chi connectivity index (χ2v) is 5.87. The van der Waals surface area contributed by atoms with Crippen molar-refractivity contribution in [2.75, 3.05) is 0 Å². The van der Waals surface area contributed by atoms with Crippen LogP contribution in [0.2, 0.25) is 0 Å². The van der Waals surface area contributed by atoms with Crippen molar-refractivity contribution in [1.82, 2.24) is 20.6 Å². The summed E-state index contributed by atoms with van der Waals surface area (Å²) in [5.41, 5.74) is 0.956. The molecule has 0 spiro atoms. The van der Waals surface area contributed by atoms with E-state index in [1.165, 1.54) is 23.5 Å². The number of allylic oxidation sites excluding steroid dienone is 1. The van der Waals surface area contributed by atoms with Crippen LogP contribution in [0.3, 0.4) is 0 Å². The third-order valence-electron chi connectivity index (χ3n) is 3.04. The third-order valence-corrected chi connectivity index (χ3v) is 4.14. The van der Waals surface area contributed by atoms with Crippen LogP contribution in [0.25, 0.3) is 5.76 Å². The van der Waals surface area contributed by atoms with Crippen LogP contribution in [0.5, 0.6) is 0 Å². The lowest BCUT2D eigenvalue weighted by molar-refractivity contribution is 0.104. The zero-order chi connectivity index (χ0) is 16.2. The lowest BCUT2D eigenvalue weighted by Crippen LogP contribution is -1.95. The molecule has 23 heavy (non-hydrogen) atoms. The number of nitrogens with zero attached hydrogens (tertiary/aromatic N) is 3. The van der Waals surface area contributed by atoms with Gasteiger partial charge in [0, 0.05) is 17.4 Å². The molecule has 8 heteroatoms. The molecule has 2 aromatic heterocycles. The van der Waals surface area contributed by atoms with Gasteiger partial charge in [0.1, 0.15) is 5.82 Å². The second kappa shape index (κ2) is 6.49. The lowest BCUT2D eigenvalue weighted by atomic mass is 10.1. The fraction of sp³-hybridized carbons (Fsp3) is 0.0667. The molecule has 0 radical (unpaired) electrons. The van der Waals surface area contributed by atoms with Gasteiger partial charge in [-0.3, -0.25) is 4.79 Å². The number of carbonyl (C=O) groups is 1. The van der Waals surface area contributed by atoms with Gasteiger partial charge in [0.2, 0.25) is 5.82 Å². The molecule has 0 amide bonds. The lowest BCUT2D eigenvalue weighted by Gasteiger charge is -1.98. The Labute approximate surface area is 134 Å². The van der Waals surface area contributed by atoms with Gasteiger partial charge in [-0.2, -0.15) is 5.21 Å². The number of aliphatic hydroxyl groups is 1. The number of ketones is 1. The number of nitrogens with one attached hydrogen (secondary N) is 1. The molecular weight excluding hydrogens is 319 g/mol. The van der Waals surface area contributed by atoms with Gasteiger partial charge in [-0.05, 0) is 35.0 Å². The monoisotopic (exact) mass is 330 g/mol. The van der Waals surface area contributed by atoms with E-state index in [0.717, 1.165) is 16.5 Å². The number of hydrogen-bond donors (Lipinski definition) is 2. The molecule has 0 fully saturated rings. The molecule has 6 nitrogen and oxygen atoms in total. The predicted octanol–water partition coefficient (Wildman–Crippen LogP) is 2.77. The summed E-state index contributed by atoms with van der Waals surface area (Å²) in [6.07, 6.45) is 1.66. The first-order valence-corrected chi connectivity index (χ1v) is 7.45. The van der Waals surface area contributed by atoms with E-state index in [1.54, 1.807) is 18.2 Å². The maximum absolute atomic E-state index is 12.9. The predicted molar refractivity (Wildman–Crippen MR) is 82.6 cm³/mol. The van der Waals surface area contributed by atoms with Crippen LogP contribution in [0.4, 0.5) is 4.39 Å². The maximum atomic E-state index is 12.9. The zero-order valence-corrected chi connectivity index (χ0v) is 12.5. The van der Waals surface area contributed by atoms with Crippen LogP contribution in [-0.2, 0) is 6.42 Å². The number of tetrazole rings is 1. The number of hydrogen-bond acceptors (Lipinski definition) is 6. The molecule has 0 aliphatic carbocycles. The fourth-order valence-corrected chi connectivity index (χ4v) is 2.89. The van der Waals surface area contributed by atoms with Crippen molar-refractivity contribution in [2.24, 2.45) is 0 Å². The van der Waals surface area contributed by atoms with Gasteiger partial charge >= 0.3 is 0 Å². The molecule has 0 bridgehead atoms. The Bertz CT molecular complexity index is 841. The second-order valence-electron chi connectivity index (χ2n) is 4.70. The largest absolute Gasteiger partial charge is 0.504 e. The van der Waals surface area contributed by atoms with Gasteiger partial charge in [0.05, 0.1) is 4.88 Å². The Kier molecular flexibility index (Phi) is 4.24. The molecule has 0 saturated carbocycles. The minimum Gasteiger partial charge on any atom is -0.504 e. The van der Waals surface area contributed by atoms with Crippen molar-refractivity contribution in [3.05, 3.63) is 69.4 Å². The van der Waals surface area contributed by atoms with Crippen molar-refractivity contribution in [1.29, 1.82) is 0 Å². The molecule has 2 heterocycles. The van der Waals surface area contributed by atoms with E-state index in [4.69, 9.17) is 0 Å². The Hall–Kier alpha value is -2.87. The van der Waals surface area contributed by atoms with Crippen LogP contribution in [0, 0.1) is 5.82 Å². The summed E-state index contributed by atoms with van der Waals surface area (Å²) < 4.78 is 12.9. The van der Waals surface area contributed by atoms with Crippen molar-refractivity contribution >= 4 is 22.9 Å².